The van der Waals surface area contributed by atoms with Crippen LogP contribution in [-0.4, -0.2) is 19.3 Å². The lowest BCUT2D eigenvalue weighted by molar-refractivity contribution is 0.261. The van der Waals surface area contributed by atoms with Crippen LogP contribution in [0.2, 0.25) is 0 Å². The molecule has 1 aliphatic heterocycles. The Morgan fingerprint density at radius 2 is 2.23 bits per heavy atom. The molecule has 0 radical (unpaired) electrons. The molecule has 1 unspecified atom stereocenters. The first kappa shape index (κ1) is 9.49. The number of ether oxygens (including phenoxy) is 2. The van der Waals surface area contributed by atoms with E-state index in [-0.39, 0.29) is 0 Å². The van der Waals surface area contributed by atoms with Gasteiger partial charge >= 0.3 is 0 Å². The Hall–Kier alpha value is -0.0600. The smallest absolute Gasteiger partial charge is 0.134 e. The quantitative estimate of drug-likeness (QED) is 0.801. The Balaban J connectivity index is 2.05. The van der Waals surface area contributed by atoms with Crippen LogP contribution in [0.5, 0.6) is 5.75 Å². The van der Waals surface area contributed by atoms with E-state index in [2.05, 4.69) is 31.9 Å². The third kappa shape index (κ3) is 2.45. The first-order valence-corrected chi connectivity index (χ1v) is 5.54. The van der Waals surface area contributed by atoms with Gasteiger partial charge in [-0.3, -0.25) is 0 Å². The molecule has 1 aromatic carbocycles. The second-order valence-electron chi connectivity index (χ2n) is 2.82. The zero-order valence-corrected chi connectivity index (χ0v) is 9.97. The van der Waals surface area contributed by atoms with Crippen molar-refractivity contribution in [1.82, 2.24) is 0 Å². The van der Waals surface area contributed by atoms with Crippen LogP contribution < -0.4 is 4.74 Å². The highest BCUT2D eigenvalue weighted by Gasteiger charge is 2.23. The van der Waals surface area contributed by atoms with E-state index in [1.807, 2.05) is 18.2 Å². The van der Waals surface area contributed by atoms with E-state index in [9.17, 15) is 0 Å². The maximum absolute atomic E-state index is 5.54. The predicted molar refractivity (Wildman–Crippen MR) is 57.1 cm³/mol. The van der Waals surface area contributed by atoms with Crippen molar-refractivity contribution in [3.63, 3.8) is 0 Å². The summed E-state index contributed by atoms with van der Waals surface area (Å²) in [6, 6.07) is 5.83. The molecule has 0 aliphatic carbocycles. The fourth-order valence-electron chi connectivity index (χ4n) is 0.942. The van der Waals surface area contributed by atoms with Crippen LogP contribution >= 0.6 is 31.9 Å². The summed E-state index contributed by atoms with van der Waals surface area (Å²) in [5.41, 5.74) is 0. The van der Waals surface area contributed by atoms with E-state index in [0.717, 1.165) is 21.3 Å². The minimum absolute atomic E-state index is 0.297. The van der Waals surface area contributed by atoms with Gasteiger partial charge in [0.15, 0.2) is 0 Å². The standard InChI is InChI=1S/C9H8Br2O2/c10-7-2-1-3-8(9(7)11)13-5-6-4-12-6/h1-3,6H,4-5H2. The summed E-state index contributed by atoms with van der Waals surface area (Å²) in [5.74, 6) is 0.852. The zero-order valence-electron chi connectivity index (χ0n) is 6.80. The average molecular weight is 308 g/mol. The molecular formula is C9H8Br2O2. The van der Waals surface area contributed by atoms with Crippen molar-refractivity contribution in [2.75, 3.05) is 13.2 Å². The van der Waals surface area contributed by atoms with Crippen LogP contribution in [0.4, 0.5) is 0 Å². The normalized spacial score (nSPS) is 20.0. The molecule has 1 aromatic rings. The summed E-state index contributed by atoms with van der Waals surface area (Å²) in [5, 5.41) is 0. The second kappa shape index (κ2) is 3.98. The Kier molecular flexibility index (Phi) is 2.91. The van der Waals surface area contributed by atoms with E-state index in [1.165, 1.54) is 0 Å². The van der Waals surface area contributed by atoms with Crippen molar-refractivity contribution in [2.45, 2.75) is 6.10 Å². The average Bonchev–Trinajstić information content (AvgIpc) is 2.91. The molecule has 1 atom stereocenters. The van der Waals surface area contributed by atoms with Crippen LogP contribution in [0.1, 0.15) is 0 Å². The molecule has 2 rings (SSSR count). The Bertz CT molecular complexity index is 310. The molecule has 1 aliphatic rings. The van der Waals surface area contributed by atoms with Crippen molar-refractivity contribution in [3.8, 4) is 5.75 Å². The molecule has 1 heterocycles. The van der Waals surface area contributed by atoms with Crippen molar-refractivity contribution in [1.29, 1.82) is 0 Å². The Morgan fingerprint density at radius 1 is 1.46 bits per heavy atom. The number of halogens is 2. The van der Waals surface area contributed by atoms with Gasteiger partial charge in [0.25, 0.3) is 0 Å². The molecule has 1 saturated heterocycles. The molecule has 0 spiro atoms. The summed E-state index contributed by atoms with van der Waals surface area (Å²) >= 11 is 6.85. The van der Waals surface area contributed by atoms with E-state index >= 15 is 0 Å². The van der Waals surface area contributed by atoms with Crippen LogP contribution in [0, 0.1) is 0 Å². The minimum Gasteiger partial charge on any atom is -0.490 e. The summed E-state index contributed by atoms with van der Waals surface area (Å²) in [4.78, 5) is 0. The van der Waals surface area contributed by atoms with Crippen molar-refractivity contribution >= 4 is 31.9 Å². The molecule has 0 saturated carbocycles. The van der Waals surface area contributed by atoms with Crippen LogP contribution in [-0.2, 0) is 4.74 Å². The molecule has 4 heteroatoms. The third-order valence-electron chi connectivity index (χ3n) is 1.74. The predicted octanol–water partition coefficient (Wildman–Crippen LogP) is 2.99. The van der Waals surface area contributed by atoms with E-state index in [4.69, 9.17) is 9.47 Å². The highest BCUT2D eigenvalue weighted by atomic mass is 79.9. The van der Waals surface area contributed by atoms with Crippen molar-refractivity contribution in [3.05, 3.63) is 27.1 Å². The molecule has 70 valence electrons. The molecule has 0 aromatic heterocycles. The number of hydrogen-bond acceptors (Lipinski definition) is 2. The lowest BCUT2D eigenvalue weighted by Gasteiger charge is -2.07. The van der Waals surface area contributed by atoms with E-state index < -0.39 is 0 Å². The Labute approximate surface area is 93.5 Å². The first-order valence-electron chi connectivity index (χ1n) is 3.96. The summed E-state index contributed by atoms with van der Waals surface area (Å²) in [6.07, 6.45) is 0.297. The van der Waals surface area contributed by atoms with Gasteiger partial charge in [0.2, 0.25) is 0 Å². The largest absolute Gasteiger partial charge is 0.490 e. The molecular weight excluding hydrogens is 300 g/mol. The summed E-state index contributed by atoms with van der Waals surface area (Å²) < 4.78 is 12.5. The van der Waals surface area contributed by atoms with E-state index in [1.54, 1.807) is 0 Å². The van der Waals surface area contributed by atoms with E-state index in [0.29, 0.717) is 12.7 Å². The van der Waals surface area contributed by atoms with Crippen LogP contribution in [0.15, 0.2) is 27.1 Å². The highest BCUT2D eigenvalue weighted by Crippen LogP contribution is 2.32. The van der Waals surface area contributed by atoms with Crippen LogP contribution in [0.3, 0.4) is 0 Å². The maximum Gasteiger partial charge on any atom is 0.134 e. The van der Waals surface area contributed by atoms with Crippen molar-refractivity contribution in [2.24, 2.45) is 0 Å². The van der Waals surface area contributed by atoms with Gasteiger partial charge in [-0.25, -0.2) is 0 Å². The number of benzene rings is 1. The zero-order chi connectivity index (χ0) is 9.26. The first-order chi connectivity index (χ1) is 6.27. The number of hydrogen-bond donors (Lipinski definition) is 0. The maximum atomic E-state index is 5.54. The molecule has 0 bridgehead atoms. The third-order valence-corrected chi connectivity index (χ3v) is 3.75. The van der Waals surface area contributed by atoms with Crippen LogP contribution in [0.25, 0.3) is 0 Å². The Morgan fingerprint density at radius 3 is 2.92 bits per heavy atom. The minimum atomic E-state index is 0.297. The van der Waals surface area contributed by atoms with Gasteiger partial charge in [-0.2, -0.15) is 0 Å². The fraction of sp³-hybridized carbons (Fsp3) is 0.333. The van der Waals surface area contributed by atoms with Gasteiger partial charge in [-0.1, -0.05) is 6.07 Å². The molecule has 13 heavy (non-hydrogen) atoms. The SMILES string of the molecule is Brc1cccc(OCC2CO2)c1Br. The summed E-state index contributed by atoms with van der Waals surface area (Å²) in [6.45, 7) is 1.46. The topological polar surface area (TPSA) is 21.8 Å². The van der Waals surface area contributed by atoms with Gasteiger partial charge in [0.1, 0.15) is 18.5 Å². The number of rotatable bonds is 3. The van der Waals surface area contributed by atoms with Gasteiger partial charge in [0, 0.05) is 4.47 Å². The lowest BCUT2D eigenvalue weighted by Crippen LogP contribution is -2.04. The second-order valence-corrected chi connectivity index (χ2v) is 4.47. The molecule has 0 N–H and O–H groups in total. The fourth-order valence-corrected chi connectivity index (χ4v) is 1.67. The summed E-state index contributed by atoms with van der Waals surface area (Å²) in [7, 11) is 0. The highest BCUT2D eigenvalue weighted by molar-refractivity contribution is 9.13. The monoisotopic (exact) mass is 306 g/mol. The molecule has 0 amide bonds. The van der Waals surface area contributed by atoms with Gasteiger partial charge < -0.3 is 9.47 Å². The van der Waals surface area contributed by atoms with Crippen molar-refractivity contribution < 1.29 is 9.47 Å². The lowest BCUT2D eigenvalue weighted by atomic mass is 10.3. The van der Waals surface area contributed by atoms with Gasteiger partial charge in [-0.15, -0.1) is 0 Å². The van der Waals surface area contributed by atoms with Gasteiger partial charge in [-0.05, 0) is 44.0 Å². The van der Waals surface area contributed by atoms with Gasteiger partial charge in [0.05, 0.1) is 11.1 Å². The number of epoxide rings is 1. The molecule has 2 nitrogen and oxygen atoms in total. The molecule has 1 fully saturated rings.